The summed E-state index contributed by atoms with van der Waals surface area (Å²) in [6.45, 7) is 2.42. The molecular weight excluding hydrogens is 241 g/mol. The zero-order chi connectivity index (χ0) is 13.5. The lowest BCUT2D eigenvalue weighted by molar-refractivity contribution is 0.339. The van der Waals surface area contributed by atoms with Gasteiger partial charge in [-0.1, -0.05) is 12.1 Å². The predicted octanol–water partition coefficient (Wildman–Crippen LogP) is 2.76. The van der Waals surface area contributed by atoms with E-state index in [2.05, 4.69) is 15.2 Å². The van der Waals surface area contributed by atoms with Crippen LogP contribution in [0.4, 0.5) is 10.1 Å². The number of hydrogen-bond donors (Lipinski definition) is 1. The van der Waals surface area contributed by atoms with E-state index in [4.69, 9.17) is 0 Å². The van der Waals surface area contributed by atoms with Gasteiger partial charge in [0.05, 0.1) is 5.69 Å². The normalized spacial score (nSPS) is 10.7. The van der Waals surface area contributed by atoms with Crippen LogP contribution in [-0.2, 0) is 6.54 Å². The fourth-order valence-electron chi connectivity index (χ4n) is 1.86. The summed E-state index contributed by atoms with van der Waals surface area (Å²) < 4.78 is 13.4. The van der Waals surface area contributed by atoms with Crippen LogP contribution in [0.2, 0.25) is 0 Å². The van der Waals surface area contributed by atoms with Gasteiger partial charge in [0, 0.05) is 32.0 Å². The Bertz CT molecular complexity index is 502. The molecule has 19 heavy (non-hydrogen) atoms. The molecule has 0 spiro atoms. The Labute approximate surface area is 113 Å². The van der Waals surface area contributed by atoms with E-state index in [9.17, 15) is 4.39 Å². The molecule has 1 aromatic carbocycles. The van der Waals surface area contributed by atoms with Gasteiger partial charge in [-0.05, 0) is 36.9 Å². The van der Waals surface area contributed by atoms with Crippen molar-refractivity contribution in [2.75, 3.05) is 25.5 Å². The van der Waals surface area contributed by atoms with E-state index in [0.29, 0.717) is 12.2 Å². The molecule has 1 aromatic heterocycles. The van der Waals surface area contributed by atoms with E-state index in [-0.39, 0.29) is 5.82 Å². The van der Waals surface area contributed by atoms with Crippen molar-refractivity contribution in [1.29, 1.82) is 0 Å². The van der Waals surface area contributed by atoms with E-state index < -0.39 is 0 Å². The summed E-state index contributed by atoms with van der Waals surface area (Å²) in [4.78, 5) is 6.18. The van der Waals surface area contributed by atoms with Crippen LogP contribution in [0.3, 0.4) is 0 Å². The van der Waals surface area contributed by atoms with Gasteiger partial charge in [-0.25, -0.2) is 4.39 Å². The molecule has 0 aliphatic rings. The van der Waals surface area contributed by atoms with Gasteiger partial charge in [-0.15, -0.1) is 0 Å². The molecule has 100 valence electrons. The third kappa shape index (κ3) is 4.34. The van der Waals surface area contributed by atoms with Gasteiger partial charge in [0.2, 0.25) is 0 Å². The van der Waals surface area contributed by atoms with E-state index in [1.807, 2.05) is 25.2 Å². The Morgan fingerprint density at radius 1 is 1.16 bits per heavy atom. The average molecular weight is 259 g/mol. The van der Waals surface area contributed by atoms with E-state index in [1.54, 1.807) is 24.5 Å². The molecule has 0 aliphatic carbocycles. The van der Waals surface area contributed by atoms with Crippen molar-refractivity contribution in [2.45, 2.75) is 6.54 Å². The zero-order valence-corrected chi connectivity index (χ0v) is 11.0. The number of pyridine rings is 1. The molecule has 0 amide bonds. The summed E-state index contributed by atoms with van der Waals surface area (Å²) in [5.74, 6) is -0.209. The van der Waals surface area contributed by atoms with Crippen LogP contribution in [0.5, 0.6) is 0 Å². The van der Waals surface area contributed by atoms with Crippen LogP contribution >= 0.6 is 0 Å². The first-order valence-corrected chi connectivity index (χ1v) is 6.31. The first-order chi connectivity index (χ1) is 9.25. The summed E-state index contributed by atoms with van der Waals surface area (Å²) in [5.41, 5.74) is 1.78. The number of rotatable bonds is 6. The highest BCUT2D eigenvalue weighted by Crippen LogP contribution is 2.11. The third-order valence-corrected chi connectivity index (χ3v) is 2.88. The van der Waals surface area contributed by atoms with Gasteiger partial charge in [0.25, 0.3) is 0 Å². The molecule has 2 rings (SSSR count). The van der Waals surface area contributed by atoms with Crippen LogP contribution in [0, 0.1) is 5.82 Å². The third-order valence-electron chi connectivity index (χ3n) is 2.88. The van der Waals surface area contributed by atoms with Gasteiger partial charge in [0.15, 0.2) is 0 Å². The Balaban J connectivity index is 1.75. The highest BCUT2D eigenvalue weighted by Gasteiger charge is 2.02. The molecule has 0 atom stereocenters. The second kappa shape index (κ2) is 6.85. The second-order valence-electron chi connectivity index (χ2n) is 4.50. The largest absolute Gasteiger partial charge is 0.381 e. The van der Waals surface area contributed by atoms with Gasteiger partial charge < -0.3 is 10.2 Å². The maximum absolute atomic E-state index is 13.4. The number of likely N-dealkylation sites (N-methyl/N-ethyl adjacent to an activating group) is 1. The van der Waals surface area contributed by atoms with E-state index in [0.717, 1.165) is 13.1 Å². The summed E-state index contributed by atoms with van der Waals surface area (Å²) in [6, 6.07) is 10.7. The minimum absolute atomic E-state index is 0.209. The Morgan fingerprint density at radius 2 is 1.89 bits per heavy atom. The van der Waals surface area contributed by atoms with Crippen molar-refractivity contribution < 1.29 is 4.39 Å². The van der Waals surface area contributed by atoms with Crippen molar-refractivity contribution >= 4 is 5.69 Å². The van der Waals surface area contributed by atoms with Crippen LogP contribution in [0.25, 0.3) is 0 Å². The van der Waals surface area contributed by atoms with Crippen molar-refractivity contribution in [1.82, 2.24) is 9.88 Å². The Hall–Kier alpha value is -1.94. The molecule has 3 nitrogen and oxygen atoms in total. The maximum Gasteiger partial charge on any atom is 0.146 e. The molecule has 1 N–H and O–H groups in total. The van der Waals surface area contributed by atoms with Crippen LogP contribution in [0.1, 0.15) is 5.56 Å². The monoisotopic (exact) mass is 259 g/mol. The number of anilines is 1. The zero-order valence-electron chi connectivity index (χ0n) is 11.0. The average Bonchev–Trinajstić information content (AvgIpc) is 2.42. The van der Waals surface area contributed by atoms with E-state index in [1.165, 1.54) is 11.6 Å². The summed E-state index contributed by atoms with van der Waals surface area (Å²) in [6.07, 6.45) is 3.58. The highest BCUT2D eigenvalue weighted by atomic mass is 19.1. The molecule has 0 bridgehead atoms. The molecule has 4 heteroatoms. The fourth-order valence-corrected chi connectivity index (χ4v) is 1.86. The fraction of sp³-hybridized carbons (Fsp3) is 0.267. The molecule has 2 aromatic rings. The standard InChI is InChI=1S/C15H18FN3/c1-19(12-13-6-8-17-9-7-13)11-10-18-15-5-3-2-4-14(15)16/h2-9,18H,10-12H2,1H3. The first kappa shape index (κ1) is 13.5. The van der Waals surface area contributed by atoms with Gasteiger partial charge in [-0.3, -0.25) is 4.98 Å². The highest BCUT2D eigenvalue weighted by molar-refractivity contribution is 5.44. The molecule has 0 saturated heterocycles. The van der Waals surface area contributed by atoms with Gasteiger partial charge >= 0.3 is 0 Å². The number of hydrogen-bond acceptors (Lipinski definition) is 3. The lowest BCUT2D eigenvalue weighted by Crippen LogP contribution is -2.25. The van der Waals surface area contributed by atoms with E-state index >= 15 is 0 Å². The van der Waals surface area contributed by atoms with Crippen molar-refractivity contribution in [3.8, 4) is 0 Å². The number of nitrogens with zero attached hydrogens (tertiary/aromatic N) is 2. The topological polar surface area (TPSA) is 28.2 Å². The molecule has 0 fully saturated rings. The summed E-state index contributed by atoms with van der Waals surface area (Å²) in [5, 5.41) is 3.10. The molecule has 0 saturated carbocycles. The molecular formula is C15H18FN3. The first-order valence-electron chi connectivity index (χ1n) is 6.31. The van der Waals surface area contributed by atoms with Gasteiger partial charge in [0.1, 0.15) is 5.82 Å². The minimum atomic E-state index is -0.209. The SMILES string of the molecule is CN(CCNc1ccccc1F)Cc1ccncc1. The van der Waals surface area contributed by atoms with Crippen LogP contribution in [-0.4, -0.2) is 30.0 Å². The van der Waals surface area contributed by atoms with Crippen LogP contribution in [0.15, 0.2) is 48.8 Å². The second-order valence-corrected chi connectivity index (χ2v) is 4.50. The number of aromatic nitrogens is 1. The molecule has 0 aliphatic heterocycles. The number of benzene rings is 1. The number of halogens is 1. The smallest absolute Gasteiger partial charge is 0.146 e. The number of para-hydroxylation sites is 1. The van der Waals surface area contributed by atoms with Crippen LogP contribution < -0.4 is 5.32 Å². The Kier molecular flexibility index (Phi) is 4.86. The lowest BCUT2D eigenvalue weighted by Gasteiger charge is -2.17. The molecule has 1 heterocycles. The van der Waals surface area contributed by atoms with Crippen molar-refractivity contribution in [3.05, 3.63) is 60.2 Å². The summed E-state index contributed by atoms with van der Waals surface area (Å²) >= 11 is 0. The molecule has 0 radical (unpaired) electrons. The minimum Gasteiger partial charge on any atom is -0.381 e. The predicted molar refractivity (Wildman–Crippen MR) is 75.5 cm³/mol. The maximum atomic E-state index is 13.4. The number of nitrogens with one attached hydrogen (secondary N) is 1. The quantitative estimate of drug-likeness (QED) is 0.864. The summed E-state index contributed by atoms with van der Waals surface area (Å²) in [7, 11) is 2.05. The Morgan fingerprint density at radius 3 is 2.63 bits per heavy atom. The van der Waals surface area contributed by atoms with Gasteiger partial charge in [-0.2, -0.15) is 0 Å². The molecule has 0 unspecified atom stereocenters. The van der Waals surface area contributed by atoms with Crippen molar-refractivity contribution in [3.63, 3.8) is 0 Å². The van der Waals surface area contributed by atoms with Crippen molar-refractivity contribution in [2.24, 2.45) is 0 Å². The lowest BCUT2D eigenvalue weighted by atomic mass is 10.2.